The summed E-state index contributed by atoms with van der Waals surface area (Å²) in [6.07, 6.45) is 0.495. The summed E-state index contributed by atoms with van der Waals surface area (Å²) in [5, 5.41) is 17.3. The highest BCUT2D eigenvalue weighted by Crippen LogP contribution is 2.25. The van der Waals surface area contributed by atoms with E-state index in [9.17, 15) is 4.79 Å². The minimum Gasteiger partial charge on any atom is -0.476 e. The molecule has 0 unspecified atom stereocenters. The van der Waals surface area contributed by atoms with Gasteiger partial charge in [-0.25, -0.2) is 9.48 Å². The van der Waals surface area contributed by atoms with Crippen LogP contribution in [-0.2, 0) is 6.42 Å². The minimum absolute atomic E-state index is 0.0522. The largest absolute Gasteiger partial charge is 0.476 e. The fourth-order valence-corrected chi connectivity index (χ4v) is 1.90. The van der Waals surface area contributed by atoms with E-state index >= 15 is 0 Å². The van der Waals surface area contributed by atoms with E-state index in [0.717, 1.165) is 0 Å². The maximum atomic E-state index is 11.0. The van der Waals surface area contributed by atoms with E-state index < -0.39 is 5.97 Å². The second kappa shape index (κ2) is 4.96. The number of hydrogen-bond acceptors (Lipinski definition) is 3. The average molecular weight is 286 g/mol. The molecule has 0 bridgehead atoms. The van der Waals surface area contributed by atoms with E-state index in [4.69, 9.17) is 28.3 Å². The Morgan fingerprint density at radius 2 is 2.11 bits per heavy atom. The number of nitrogens with zero attached hydrogens (tertiary/aromatic N) is 3. The third kappa shape index (κ3) is 2.19. The zero-order chi connectivity index (χ0) is 13.3. The van der Waals surface area contributed by atoms with Gasteiger partial charge in [-0.05, 0) is 24.6 Å². The highest BCUT2D eigenvalue weighted by atomic mass is 35.5. The molecule has 2 aromatic rings. The number of rotatable bonds is 3. The third-order valence-electron chi connectivity index (χ3n) is 2.45. The number of halogens is 2. The Kier molecular flexibility index (Phi) is 3.54. The van der Waals surface area contributed by atoms with Crippen molar-refractivity contribution < 1.29 is 9.90 Å². The Bertz CT molecular complexity index is 610. The van der Waals surface area contributed by atoms with Crippen LogP contribution < -0.4 is 0 Å². The summed E-state index contributed by atoms with van der Waals surface area (Å²) < 4.78 is 1.45. The van der Waals surface area contributed by atoms with Gasteiger partial charge < -0.3 is 5.11 Å². The molecule has 2 rings (SSSR count). The minimum atomic E-state index is -1.10. The van der Waals surface area contributed by atoms with Gasteiger partial charge in [0.25, 0.3) is 0 Å². The van der Waals surface area contributed by atoms with Crippen molar-refractivity contribution in [1.29, 1.82) is 0 Å². The molecule has 0 aliphatic heterocycles. The van der Waals surface area contributed by atoms with Crippen molar-refractivity contribution in [1.82, 2.24) is 15.0 Å². The molecule has 0 radical (unpaired) electrons. The molecular weight excluding hydrogens is 277 g/mol. The van der Waals surface area contributed by atoms with Crippen molar-refractivity contribution >= 4 is 29.2 Å². The smallest absolute Gasteiger partial charge is 0.358 e. The standard InChI is InChI=1S/C11H9Cl2N3O2/c1-2-9-10(11(17)18)14-15-16(9)6-3-4-7(12)8(13)5-6/h3-5H,2H2,1H3,(H,17,18). The van der Waals surface area contributed by atoms with Crippen LogP contribution in [0.25, 0.3) is 5.69 Å². The van der Waals surface area contributed by atoms with Crippen LogP contribution in [0.5, 0.6) is 0 Å². The maximum absolute atomic E-state index is 11.0. The summed E-state index contributed by atoms with van der Waals surface area (Å²) in [4.78, 5) is 11.0. The van der Waals surface area contributed by atoms with Gasteiger partial charge in [0.1, 0.15) is 0 Å². The fourth-order valence-electron chi connectivity index (χ4n) is 1.61. The molecular formula is C11H9Cl2N3O2. The predicted molar refractivity (Wildman–Crippen MR) is 67.7 cm³/mol. The number of benzene rings is 1. The molecule has 1 aromatic heterocycles. The first-order chi connectivity index (χ1) is 8.54. The van der Waals surface area contributed by atoms with Crippen LogP contribution in [0.1, 0.15) is 23.1 Å². The molecule has 18 heavy (non-hydrogen) atoms. The molecule has 0 saturated heterocycles. The molecule has 0 aliphatic carbocycles. The van der Waals surface area contributed by atoms with Crippen LogP contribution in [0.4, 0.5) is 0 Å². The van der Waals surface area contributed by atoms with Gasteiger partial charge in [-0.1, -0.05) is 35.3 Å². The Labute approximate surface area is 113 Å². The van der Waals surface area contributed by atoms with Gasteiger partial charge in [0, 0.05) is 0 Å². The normalized spacial score (nSPS) is 10.6. The lowest BCUT2D eigenvalue weighted by Gasteiger charge is -2.06. The molecule has 0 atom stereocenters. The van der Waals surface area contributed by atoms with Crippen molar-refractivity contribution in [3.63, 3.8) is 0 Å². The van der Waals surface area contributed by atoms with Crippen LogP contribution >= 0.6 is 23.2 Å². The number of carboxylic acids is 1. The Balaban J connectivity index is 2.57. The fraction of sp³-hybridized carbons (Fsp3) is 0.182. The van der Waals surface area contributed by atoms with E-state index in [1.165, 1.54) is 4.68 Å². The zero-order valence-corrected chi connectivity index (χ0v) is 10.9. The van der Waals surface area contributed by atoms with Gasteiger partial charge in [0.15, 0.2) is 5.69 Å². The van der Waals surface area contributed by atoms with E-state index in [2.05, 4.69) is 10.3 Å². The summed E-state index contributed by atoms with van der Waals surface area (Å²) >= 11 is 11.7. The molecule has 0 fully saturated rings. The molecule has 0 aliphatic rings. The lowest BCUT2D eigenvalue weighted by atomic mass is 10.2. The summed E-state index contributed by atoms with van der Waals surface area (Å²) in [6.45, 7) is 1.83. The maximum Gasteiger partial charge on any atom is 0.358 e. The SMILES string of the molecule is CCc1c(C(=O)O)nnn1-c1ccc(Cl)c(Cl)c1. The number of carboxylic acid groups (broad SMARTS) is 1. The van der Waals surface area contributed by atoms with E-state index in [-0.39, 0.29) is 5.69 Å². The topological polar surface area (TPSA) is 68.0 Å². The Morgan fingerprint density at radius 1 is 1.39 bits per heavy atom. The second-order valence-electron chi connectivity index (χ2n) is 3.55. The third-order valence-corrected chi connectivity index (χ3v) is 3.19. The van der Waals surface area contributed by atoms with Crippen molar-refractivity contribution in [3.8, 4) is 5.69 Å². The molecule has 0 amide bonds. The number of aromatic carboxylic acids is 1. The molecule has 1 heterocycles. The van der Waals surface area contributed by atoms with Crippen molar-refractivity contribution in [2.75, 3.05) is 0 Å². The highest BCUT2D eigenvalue weighted by molar-refractivity contribution is 6.42. The van der Waals surface area contributed by atoms with Gasteiger partial charge in [-0.3, -0.25) is 0 Å². The molecule has 1 aromatic carbocycles. The summed E-state index contributed by atoms with van der Waals surface area (Å²) in [5.74, 6) is -1.10. The first kappa shape index (κ1) is 12.9. The number of hydrogen-bond donors (Lipinski definition) is 1. The van der Waals surface area contributed by atoms with Gasteiger partial charge in [-0.2, -0.15) is 0 Å². The van der Waals surface area contributed by atoms with E-state index in [1.54, 1.807) is 18.2 Å². The summed E-state index contributed by atoms with van der Waals surface area (Å²) in [7, 11) is 0. The average Bonchev–Trinajstić information content (AvgIpc) is 2.76. The molecule has 0 saturated carbocycles. The van der Waals surface area contributed by atoms with E-state index in [1.807, 2.05) is 6.92 Å². The monoisotopic (exact) mass is 285 g/mol. The molecule has 0 spiro atoms. The van der Waals surface area contributed by atoms with Crippen molar-refractivity contribution in [2.45, 2.75) is 13.3 Å². The van der Waals surface area contributed by atoms with Gasteiger partial charge in [-0.15, -0.1) is 5.10 Å². The number of carbonyl (C=O) groups is 1. The molecule has 5 nitrogen and oxygen atoms in total. The van der Waals surface area contributed by atoms with Crippen LogP contribution in [0, 0.1) is 0 Å². The van der Waals surface area contributed by atoms with Crippen LogP contribution in [0.3, 0.4) is 0 Å². The van der Waals surface area contributed by atoms with Gasteiger partial charge in [0.2, 0.25) is 0 Å². The molecule has 94 valence electrons. The summed E-state index contributed by atoms with van der Waals surface area (Å²) in [6, 6.07) is 4.94. The van der Waals surface area contributed by atoms with Crippen LogP contribution in [0.15, 0.2) is 18.2 Å². The number of aromatic nitrogens is 3. The second-order valence-corrected chi connectivity index (χ2v) is 4.37. The quantitative estimate of drug-likeness (QED) is 0.942. The molecule has 7 heteroatoms. The Hall–Kier alpha value is -1.59. The first-order valence-corrected chi connectivity index (χ1v) is 5.93. The predicted octanol–water partition coefficient (Wildman–Crippen LogP) is 2.83. The molecule has 1 N–H and O–H groups in total. The first-order valence-electron chi connectivity index (χ1n) is 5.18. The van der Waals surface area contributed by atoms with Gasteiger partial charge >= 0.3 is 5.97 Å². The van der Waals surface area contributed by atoms with Crippen molar-refractivity contribution in [3.05, 3.63) is 39.6 Å². The van der Waals surface area contributed by atoms with E-state index in [0.29, 0.717) is 27.8 Å². The van der Waals surface area contributed by atoms with Gasteiger partial charge in [0.05, 0.1) is 21.4 Å². The highest BCUT2D eigenvalue weighted by Gasteiger charge is 2.18. The van der Waals surface area contributed by atoms with Crippen molar-refractivity contribution in [2.24, 2.45) is 0 Å². The Morgan fingerprint density at radius 3 is 2.67 bits per heavy atom. The van der Waals surface area contributed by atoms with Crippen LogP contribution in [-0.4, -0.2) is 26.1 Å². The summed E-state index contributed by atoms with van der Waals surface area (Å²) in [5.41, 5.74) is 1.09. The zero-order valence-electron chi connectivity index (χ0n) is 9.39. The lowest BCUT2D eigenvalue weighted by molar-refractivity contribution is 0.0689. The lowest BCUT2D eigenvalue weighted by Crippen LogP contribution is -2.05. The van der Waals surface area contributed by atoms with Crippen LogP contribution in [0.2, 0.25) is 10.0 Å².